The second-order valence-electron chi connectivity index (χ2n) is 4.81. The lowest BCUT2D eigenvalue weighted by Crippen LogP contribution is -2.07. The first-order valence-corrected chi connectivity index (χ1v) is 7.27. The number of pyridine rings is 3. The summed E-state index contributed by atoms with van der Waals surface area (Å²) in [6.45, 7) is 2.11. The van der Waals surface area contributed by atoms with Crippen LogP contribution < -0.4 is 0 Å². The molecule has 0 amide bonds. The molecule has 3 aromatic heterocycles. The van der Waals surface area contributed by atoms with Gasteiger partial charge in [-0.05, 0) is 42.8 Å². The molecular weight excluding hydrogens is 290 g/mol. The zero-order chi connectivity index (χ0) is 16.1. The Kier molecular flexibility index (Phi) is 4.38. The number of hydrogen-bond acceptors (Lipinski definition) is 5. The molecule has 0 N–H and O–H groups in total. The Hall–Kier alpha value is -3.08. The van der Waals surface area contributed by atoms with Crippen molar-refractivity contribution in [2.75, 3.05) is 6.61 Å². The number of esters is 1. The van der Waals surface area contributed by atoms with E-state index < -0.39 is 0 Å². The molecule has 0 aliphatic heterocycles. The van der Waals surface area contributed by atoms with E-state index in [2.05, 4.69) is 15.0 Å². The number of hydrogen-bond donors (Lipinski definition) is 0. The van der Waals surface area contributed by atoms with Crippen LogP contribution in [0.15, 0.2) is 61.3 Å². The van der Waals surface area contributed by atoms with E-state index in [0.29, 0.717) is 17.9 Å². The van der Waals surface area contributed by atoms with Gasteiger partial charge in [0.05, 0.1) is 17.9 Å². The van der Waals surface area contributed by atoms with Crippen LogP contribution in [0.25, 0.3) is 22.4 Å². The highest BCUT2D eigenvalue weighted by molar-refractivity contribution is 5.98. The smallest absolute Gasteiger partial charge is 0.338 e. The van der Waals surface area contributed by atoms with Gasteiger partial charge in [0, 0.05) is 42.1 Å². The summed E-state index contributed by atoms with van der Waals surface area (Å²) in [5.41, 5.74) is 3.68. The standard InChI is InChI=1S/C18H15N3O2/c1-2-23-18(22)15-11-17(14-5-9-20-10-6-14)21-12-16(15)13-3-7-19-8-4-13/h3-12H,2H2,1H3. The minimum atomic E-state index is -0.364. The summed E-state index contributed by atoms with van der Waals surface area (Å²) in [5.74, 6) is -0.364. The molecule has 0 bridgehead atoms. The molecule has 0 aliphatic carbocycles. The van der Waals surface area contributed by atoms with Gasteiger partial charge in [0.1, 0.15) is 0 Å². The van der Waals surface area contributed by atoms with Gasteiger partial charge in [-0.25, -0.2) is 4.79 Å². The van der Waals surface area contributed by atoms with Gasteiger partial charge >= 0.3 is 5.97 Å². The number of ether oxygens (including phenoxy) is 1. The monoisotopic (exact) mass is 305 g/mol. The summed E-state index contributed by atoms with van der Waals surface area (Å²) >= 11 is 0. The Morgan fingerprint density at radius 1 is 1.00 bits per heavy atom. The maximum Gasteiger partial charge on any atom is 0.338 e. The van der Waals surface area contributed by atoms with Crippen LogP contribution in [-0.4, -0.2) is 27.5 Å². The molecule has 3 heterocycles. The fourth-order valence-corrected chi connectivity index (χ4v) is 2.28. The van der Waals surface area contributed by atoms with Crippen molar-refractivity contribution in [2.45, 2.75) is 6.92 Å². The number of carbonyl (C=O) groups excluding carboxylic acids is 1. The Bertz CT molecular complexity index is 805. The number of aromatic nitrogens is 3. The second kappa shape index (κ2) is 6.79. The molecule has 23 heavy (non-hydrogen) atoms. The quantitative estimate of drug-likeness (QED) is 0.691. The highest BCUT2D eigenvalue weighted by Crippen LogP contribution is 2.27. The molecule has 0 fully saturated rings. The third-order valence-electron chi connectivity index (χ3n) is 3.37. The van der Waals surface area contributed by atoms with Gasteiger partial charge in [-0.2, -0.15) is 0 Å². The molecule has 3 rings (SSSR count). The number of nitrogens with zero attached hydrogens (tertiary/aromatic N) is 3. The molecule has 0 atom stereocenters. The average molecular weight is 305 g/mol. The lowest BCUT2D eigenvalue weighted by atomic mass is 10.0. The third kappa shape index (κ3) is 3.23. The van der Waals surface area contributed by atoms with E-state index >= 15 is 0 Å². The minimum Gasteiger partial charge on any atom is -0.462 e. The molecule has 0 saturated carbocycles. The summed E-state index contributed by atoms with van der Waals surface area (Å²) in [7, 11) is 0. The lowest BCUT2D eigenvalue weighted by Gasteiger charge is -2.10. The van der Waals surface area contributed by atoms with Crippen molar-refractivity contribution in [3.63, 3.8) is 0 Å². The molecule has 0 aromatic carbocycles. The fourth-order valence-electron chi connectivity index (χ4n) is 2.28. The fraction of sp³-hybridized carbons (Fsp3) is 0.111. The molecule has 0 aliphatic rings. The number of rotatable bonds is 4. The largest absolute Gasteiger partial charge is 0.462 e. The molecule has 0 unspecified atom stereocenters. The van der Waals surface area contributed by atoms with Gasteiger partial charge in [0.15, 0.2) is 0 Å². The zero-order valence-electron chi connectivity index (χ0n) is 12.6. The SMILES string of the molecule is CCOC(=O)c1cc(-c2ccncc2)ncc1-c1ccncc1. The third-order valence-corrected chi connectivity index (χ3v) is 3.37. The second-order valence-corrected chi connectivity index (χ2v) is 4.81. The van der Waals surface area contributed by atoms with E-state index in [-0.39, 0.29) is 5.97 Å². The molecular formula is C18H15N3O2. The first-order valence-electron chi connectivity index (χ1n) is 7.27. The molecule has 0 spiro atoms. The van der Waals surface area contributed by atoms with Gasteiger partial charge in [-0.3, -0.25) is 15.0 Å². The van der Waals surface area contributed by atoms with Crippen molar-refractivity contribution in [3.05, 3.63) is 66.9 Å². The van der Waals surface area contributed by atoms with Gasteiger partial charge in [0.2, 0.25) is 0 Å². The van der Waals surface area contributed by atoms with Crippen molar-refractivity contribution < 1.29 is 9.53 Å². The van der Waals surface area contributed by atoms with Crippen LogP contribution in [0.5, 0.6) is 0 Å². The van der Waals surface area contributed by atoms with Crippen molar-refractivity contribution in [2.24, 2.45) is 0 Å². The van der Waals surface area contributed by atoms with Crippen molar-refractivity contribution in [1.82, 2.24) is 15.0 Å². The van der Waals surface area contributed by atoms with Gasteiger partial charge in [-0.1, -0.05) is 0 Å². The van der Waals surface area contributed by atoms with Crippen LogP contribution in [0.2, 0.25) is 0 Å². The first-order chi connectivity index (χ1) is 11.3. The summed E-state index contributed by atoms with van der Waals surface area (Å²) in [5, 5.41) is 0. The topological polar surface area (TPSA) is 65.0 Å². The Morgan fingerprint density at radius 2 is 1.61 bits per heavy atom. The predicted molar refractivity (Wildman–Crippen MR) is 86.7 cm³/mol. The van der Waals surface area contributed by atoms with Crippen LogP contribution >= 0.6 is 0 Å². The van der Waals surface area contributed by atoms with E-state index in [1.807, 2.05) is 24.3 Å². The van der Waals surface area contributed by atoms with Crippen molar-refractivity contribution in [3.8, 4) is 22.4 Å². The molecule has 0 radical (unpaired) electrons. The van der Waals surface area contributed by atoms with Gasteiger partial charge < -0.3 is 4.74 Å². The van der Waals surface area contributed by atoms with E-state index in [4.69, 9.17) is 4.74 Å². The maximum absolute atomic E-state index is 12.3. The van der Waals surface area contributed by atoms with Gasteiger partial charge in [0.25, 0.3) is 0 Å². The van der Waals surface area contributed by atoms with E-state index in [1.165, 1.54) is 0 Å². The van der Waals surface area contributed by atoms with Crippen molar-refractivity contribution in [1.29, 1.82) is 0 Å². The molecule has 0 saturated heterocycles. The van der Waals surface area contributed by atoms with Gasteiger partial charge in [-0.15, -0.1) is 0 Å². The molecule has 3 aromatic rings. The first kappa shape index (κ1) is 14.8. The minimum absolute atomic E-state index is 0.321. The van der Waals surface area contributed by atoms with Crippen LogP contribution in [0.3, 0.4) is 0 Å². The van der Waals surface area contributed by atoms with Crippen LogP contribution in [0, 0.1) is 0 Å². The van der Waals surface area contributed by atoms with Crippen LogP contribution in [-0.2, 0) is 4.74 Å². The van der Waals surface area contributed by atoms with E-state index in [1.54, 1.807) is 44.0 Å². The van der Waals surface area contributed by atoms with Crippen LogP contribution in [0.4, 0.5) is 0 Å². The number of carbonyl (C=O) groups is 1. The van der Waals surface area contributed by atoms with E-state index in [9.17, 15) is 4.79 Å². The summed E-state index contributed by atoms with van der Waals surface area (Å²) in [6, 6.07) is 9.13. The van der Waals surface area contributed by atoms with E-state index in [0.717, 1.165) is 16.7 Å². The summed E-state index contributed by atoms with van der Waals surface area (Å²) in [4.78, 5) is 24.8. The highest BCUT2D eigenvalue weighted by atomic mass is 16.5. The van der Waals surface area contributed by atoms with Crippen molar-refractivity contribution >= 4 is 5.97 Å². The lowest BCUT2D eigenvalue weighted by molar-refractivity contribution is 0.0527. The predicted octanol–water partition coefficient (Wildman–Crippen LogP) is 3.38. The molecule has 5 heteroatoms. The zero-order valence-corrected chi connectivity index (χ0v) is 12.6. The Labute approximate surface area is 134 Å². The molecule has 114 valence electrons. The maximum atomic E-state index is 12.3. The normalized spacial score (nSPS) is 10.3. The Balaban J connectivity index is 2.12. The Morgan fingerprint density at radius 3 is 2.22 bits per heavy atom. The summed E-state index contributed by atoms with van der Waals surface area (Å²) in [6.07, 6.45) is 8.44. The molecule has 5 nitrogen and oxygen atoms in total. The summed E-state index contributed by atoms with van der Waals surface area (Å²) < 4.78 is 5.19. The van der Waals surface area contributed by atoms with Crippen LogP contribution in [0.1, 0.15) is 17.3 Å². The highest BCUT2D eigenvalue weighted by Gasteiger charge is 2.16. The average Bonchev–Trinajstić information content (AvgIpc) is 2.63.